The van der Waals surface area contributed by atoms with E-state index in [0.717, 1.165) is 23.2 Å². The van der Waals surface area contributed by atoms with Crippen LogP contribution in [0.1, 0.15) is 35.7 Å². The van der Waals surface area contributed by atoms with E-state index in [1.54, 1.807) is 18.4 Å². The molecule has 0 bridgehead atoms. The Hall–Kier alpha value is -2.47. The molecule has 0 fully saturated rings. The van der Waals surface area contributed by atoms with Crippen molar-refractivity contribution in [1.29, 1.82) is 0 Å². The molecule has 7 heteroatoms. The van der Waals surface area contributed by atoms with Gasteiger partial charge in [-0.2, -0.15) is 5.10 Å². The SMILES string of the molecule is CCOC(=O)c1nnc2c(-c3cccc(Cl)c3)c(CC)nn2c1C. The number of carbonyl (C=O) groups is 1. The number of hydrogen-bond acceptors (Lipinski definition) is 5. The van der Waals surface area contributed by atoms with Crippen molar-refractivity contribution < 1.29 is 9.53 Å². The second-order valence-electron chi connectivity index (χ2n) is 5.28. The first-order valence-electron chi connectivity index (χ1n) is 7.74. The summed E-state index contributed by atoms with van der Waals surface area (Å²) in [5.41, 5.74) is 4.04. The summed E-state index contributed by atoms with van der Waals surface area (Å²) in [6.07, 6.45) is 0.722. The van der Waals surface area contributed by atoms with E-state index in [1.807, 2.05) is 31.2 Å². The zero-order valence-electron chi connectivity index (χ0n) is 13.7. The Labute approximate surface area is 144 Å². The molecule has 0 saturated heterocycles. The highest BCUT2D eigenvalue weighted by Gasteiger charge is 2.21. The fourth-order valence-electron chi connectivity index (χ4n) is 2.62. The topological polar surface area (TPSA) is 69.4 Å². The van der Waals surface area contributed by atoms with Gasteiger partial charge in [-0.25, -0.2) is 9.31 Å². The molecule has 1 aromatic carbocycles. The third-order valence-corrected chi connectivity index (χ3v) is 3.99. The van der Waals surface area contributed by atoms with Crippen LogP contribution < -0.4 is 0 Å². The van der Waals surface area contributed by atoms with Crippen LogP contribution in [0.2, 0.25) is 5.02 Å². The van der Waals surface area contributed by atoms with Gasteiger partial charge in [-0.3, -0.25) is 0 Å². The van der Waals surface area contributed by atoms with Crippen molar-refractivity contribution in [3.05, 3.63) is 46.4 Å². The van der Waals surface area contributed by atoms with Crippen molar-refractivity contribution in [2.24, 2.45) is 0 Å². The lowest BCUT2D eigenvalue weighted by Crippen LogP contribution is -2.14. The Morgan fingerprint density at radius 3 is 2.75 bits per heavy atom. The molecule has 0 atom stereocenters. The number of nitrogens with zero attached hydrogens (tertiary/aromatic N) is 4. The predicted molar refractivity (Wildman–Crippen MR) is 91.3 cm³/mol. The number of halogens is 1. The molecule has 3 aromatic rings. The first kappa shape index (κ1) is 16.4. The van der Waals surface area contributed by atoms with E-state index in [1.165, 1.54) is 0 Å². The summed E-state index contributed by atoms with van der Waals surface area (Å²) >= 11 is 6.12. The van der Waals surface area contributed by atoms with Crippen LogP contribution in [-0.4, -0.2) is 32.4 Å². The highest BCUT2D eigenvalue weighted by atomic mass is 35.5. The fraction of sp³-hybridized carbons (Fsp3) is 0.294. The first-order chi connectivity index (χ1) is 11.6. The quantitative estimate of drug-likeness (QED) is 0.677. The van der Waals surface area contributed by atoms with Gasteiger partial charge in [-0.05, 0) is 38.0 Å². The molecule has 0 N–H and O–H groups in total. The van der Waals surface area contributed by atoms with Crippen molar-refractivity contribution in [2.75, 3.05) is 6.61 Å². The minimum absolute atomic E-state index is 0.173. The second-order valence-corrected chi connectivity index (χ2v) is 5.71. The molecule has 0 unspecified atom stereocenters. The van der Waals surface area contributed by atoms with Crippen LogP contribution in [0.5, 0.6) is 0 Å². The molecule has 6 nitrogen and oxygen atoms in total. The Bertz CT molecular complexity index is 920. The van der Waals surface area contributed by atoms with Crippen molar-refractivity contribution >= 4 is 23.2 Å². The van der Waals surface area contributed by atoms with Crippen LogP contribution in [0.25, 0.3) is 16.8 Å². The van der Waals surface area contributed by atoms with Crippen LogP contribution in [0.3, 0.4) is 0 Å². The maximum absolute atomic E-state index is 12.0. The number of rotatable bonds is 4. The number of ether oxygens (including phenoxy) is 1. The monoisotopic (exact) mass is 344 g/mol. The molecule has 0 amide bonds. The van der Waals surface area contributed by atoms with E-state index in [0.29, 0.717) is 16.4 Å². The summed E-state index contributed by atoms with van der Waals surface area (Å²) in [4.78, 5) is 12.0. The lowest BCUT2D eigenvalue weighted by molar-refractivity contribution is 0.0516. The minimum atomic E-state index is -0.498. The van der Waals surface area contributed by atoms with Gasteiger partial charge in [0.15, 0.2) is 11.3 Å². The van der Waals surface area contributed by atoms with Crippen molar-refractivity contribution in [3.63, 3.8) is 0 Å². The molecule has 124 valence electrons. The second kappa shape index (κ2) is 6.57. The van der Waals surface area contributed by atoms with Crippen molar-refractivity contribution in [3.8, 4) is 11.1 Å². The normalized spacial score (nSPS) is 11.0. The summed E-state index contributed by atoms with van der Waals surface area (Å²) in [6.45, 7) is 5.83. The molecule has 2 heterocycles. The summed E-state index contributed by atoms with van der Waals surface area (Å²) < 4.78 is 6.67. The lowest BCUT2D eigenvalue weighted by Gasteiger charge is -2.06. The van der Waals surface area contributed by atoms with Crippen LogP contribution in [0.15, 0.2) is 24.3 Å². The minimum Gasteiger partial charge on any atom is -0.461 e. The molecule has 3 rings (SSSR count). The number of aromatic nitrogens is 4. The molecule has 0 aliphatic rings. The smallest absolute Gasteiger partial charge is 0.360 e. The van der Waals surface area contributed by atoms with E-state index in [4.69, 9.17) is 16.3 Å². The summed E-state index contributed by atoms with van der Waals surface area (Å²) in [5.74, 6) is -0.498. The molecule has 24 heavy (non-hydrogen) atoms. The number of hydrogen-bond donors (Lipinski definition) is 0. The molecule has 0 aliphatic carbocycles. The largest absolute Gasteiger partial charge is 0.461 e. The number of benzene rings is 1. The van der Waals surface area contributed by atoms with Gasteiger partial charge in [0.05, 0.1) is 23.6 Å². The molecule has 0 radical (unpaired) electrons. The Morgan fingerprint density at radius 2 is 2.08 bits per heavy atom. The first-order valence-corrected chi connectivity index (χ1v) is 8.12. The Morgan fingerprint density at radius 1 is 1.29 bits per heavy atom. The predicted octanol–water partition coefficient (Wildman–Crippen LogP) is 3.49. The fourth-order valence-corrected chi connectivity index (χ4v) is 2.81. The molecular weight excluding hydrogens is 328 g/mol. The number of aryl methyl sites for hydroxylation is 2. The van der Waals surface area contributed by atoms with E-state index in [9.17, 15) is 4.79 Å². The van der Waals surface area contributed by atoms with Crippen LogP contribution >= 0.6 is 11.6 Å². The summed E-state index contributed by atoms with van der Waals surface area (Å²) in [6, 6.07) is 7.53. The third-order valence-electron chi connectivity index (χ3n) is 3.76. The van der Waals surface area contributed by atoms with Gasteiger partial charge >= 0.3 is 5.97 Å². The summed E-state index contributed by atoms with van der Waals surface area (Å²) in [7, 11) is 0. The molecular formula is C17H17ClN4O2. The standard InChI is InChI=1S/C17H17ClN4O2/c1-4-13-14(11-7-6-8-12(18)9-11)16-20-19-15(17(23)24-5-2)10(3)22(16)21-13/h6-9H,4-5H2,1-3H3. The van der Waals surface area contributed by atoms with Gasteiger partial charge < -0.3 is 4.74 Å². The van der Waals surface area contributed by atoms with Crippen LogP contribution in [0.4, 0.5) is 0 Å². The maximum Gasteiger partial charge on any atom is 0.360 e. The van der Waals surface area contributed by atoms with E-state index in [-0.39, 0.29) is 12.3 Å². The van der Waals surface area contributed by atoms with Gasteiger partial charge in [0.1, 0.15) is 0 Å². The molecule has 0 saturated carbocycles. The molecule has 0 spiro atoms. The van der Waals surface area contributed by atoms with E-state index in [2.05, 4.69) is 15.3 Å². The zero-order valence-corrected chi connectivity index (χ0v) is 14.5. The van der Waals surface area contributed by atoms with Gasteiger partial charge in [0.25, 0.3) is 0 Å². The maximum atomic E-state index is 12.0. The number of carbonyl (C=O) groups excluding carboxylic acids is 1. The van der Waals surface area contributed by atoms with Crippen LogP contribution in [0, 0.1) is 6.92 Å². The highest BCUT2D eigenvalue weighted by molar-refractivity contribution is 6.30. The van der Waals surface area contributed by atoms with E-state index < -0.39 is 5.97 Å². The van der Waals surface area contributed by atoms with Crippen molar-refractivity contribution in [2.45, 2.75) is 27.2 Å². The van der Waals surface area contributed by atoms with E-state index >= 15 is 0 Å². The third kappa shape index (κ3) is 2.73. The lowest BCUT2D eigenvalue weighted by atomic mass is 10.0. The molecule has 2 aromatic heterocycles. The average molecular weight is 345 g/mol. The number of fused-ring (bicyclic) bond motifs is 1. The summed E-state index contributed by atoms with van der Waals surface area (Å²) in [5, 5.41) is 13.5. The molecule has 0 aliphatic heterocycles. The van der Waals surface area contributed by atoms with Gasteiger partial charge in [0, 0.05) is 5.02 Å². The van der Waals surface area contributed by atoms with Crippen molar-refractivity contribution in [1.82, 2.24) is 19.8 Å². The van der Waals surface area contributed by atoms with Crippen LogP contribution in [-0.2, 0) is 11.2 Å². The Balaban J connectivity index is 2.24. The van der Waals surface area contributed by atoms with Gasteiger partial charge in [-0.15, -0.1) is 10.2 Å². The van der Waals surface area contributed by atoms with Gasteiger partial charge in [-0.1, -0.05) is 30.7 Å². The Kier molecular flexibility index (Phi) is 4.49. The highest BCUT2D eigenvalue weighted by Crippen LogP contribution is 2.30. The zero-order chi connectivity index (χ0) is 17.3. The average Bonchev–Trinajstić information content (AvgIpc) is 2.95. The number of esters is 1. The van der Waals surface area contributed by atoms with Gasteiger partial charge in [0.2, 0.25) is 0 Å².